The number of aromatic nitrogens is 2. The number of rotatable bonds is 4. The summed E-state index contributed by atoms with van der Waals surface area (Å²) in [4.78, 5) is 19.8. The molecule has 6 nitrogen and oxygen atoms in total. The van der Waals surface area contributed by atoms with E-state index in [0.29, 0.717) is 17.3 Å². The molecule has 3 N–H and O–H groups in total. The number of imidazole rings is 1. The Hall–Kier alpha value is -3.02. The van der Waals surface area contributed by atoms with Gasteiger partial charge in [-0.2, -0.15) is 0 Å². The van der Waals surface area contributed by atoms with Crippen LogP contribution >= 0.6 is 0 Å². The van der Waals surface area contributed by atoms with Crippen molar-refractivity contribution in [2.24, 2.45) is 0 Å². The van der Waals surface area contributed by atoms with Crippen molar-refractivity contribution in [2.45, 2.75) is 13.0 Å². The number of carbonyl (C=O) groups is 1. The first-order valence-corrected chi connectivity index (χ1v) is 7.32. The number of nitrogens with zero attached hydrogens (tertiary/aromatic N) is 1. The van der Waals surface area contributed by atoms with Gasteiger partial charge in [-0.15, -0.1) is 0 Å². The number of benzene rings is 2. The van der Waals surface area contributed by atoms with Gasteiger partial charge in [-0.05, 0) is 31.2 Å². The largest absolute Gasteiger partial charge is 0.497 e. The number of urea groups is 1. The number of para-hydroxylation sites is 2. The molecule has 2 amide bonds. The van der Waals surface area contributed by atoms with Crippen LogP contribution in [-0.2, 0) is 0 Å². The molecule has 0 bridgehead atoms. The van der Waals surface area contributed by atoms with E-state index in [2.05, 4.69) is 20.6 Å². The maximum absolute atomic E-state index is 12.1. The molecule has 3 aromatic rings. The third-order valence-corrected chi connectivity index (χ3v) is 3.49. The number of ether oxygens (including phenoxy) is 1. The van der Waals surface area contributed by atoms with E-state index < -0.39 is 0 Å². The minimum atomic E-state index is -0.300. The Morgan fingerprint density at radius 2 is 2.04 bits per heavy atom. The summed E-state index contributed by atoms with van der Waals surface area (Å²) in [5, 5.41) is 5.64. The van der Waals surface area contributed by atoms with Gasteiger partial charge in [-0.3, -0.25) is 0 Å². The van der Waals surface area contributed by atoms with Gasteiger partial charge in [0.1, 0.15) is 11.6 Å². The van der Waals surface area contributed by atoms with Crippen molar-refractivity contribution in [1.82, 2.24) is 15.3 Å². The lowest BCUT2D eigenvalue weighted by Crippen LogP contribution is -2.31. The van der Waals surface area contributed by atoms with Gasteiger partial charge >= 0.3 is 6.03 Å². The van der Waals surface area contributed by atoms with Gasteiger partial charge in [0.25, 0.3) is 0 Å². The minimum absolute atomic E-state index is 0.243. The van der Waals surface area contributed by atoms with Crippen molar-refractivity contribution in [3.05, 3.63) is 54.4 Å². The van der Waals surface area contributed by atoms with Crippen LogP contribution in [0.4, 0.5) is 10.5 Å². The van der Waals surface area contributed by atoms with E-state index in [0.717, 1.165) is 11.0 Å². The lowest BCUT2D eigenvalue weighted by atomic mass is 10.3. The number of hydrogen-bond acceptors (Lipinski definition) is 3. The molecule has 0 aliphatic rings. The van der Waals surface area contributed by atoms with E-state index in [-0.39, 0.29) is 12.1 Å². The van der Waals surface area contributed by atoms with Crippen molar-refractivity contribution in [3.63, 3.8) is 0 Å². The second-order valence-corrected chi connectivity index (χ2v) is 5.19. The second kappa shape index (κ2) is 6.39. The van der Waals surface area contributed by atoms with Crippen LogP contribution in [0.15, 0.2) is 48.5 Å². The Balaban J connectivity index is 1.66. The monoisotopic (exact) mass is 310 g/mol. The van der Waals surface area contributed by atoms with Crippen molar-refractivity contribution >= 4 is 22.8 Å². The molecule has 0 radical (unpaired) electrons. The highest BCUT2D eigenvalue weighted by atomic mass is 16.5. The molecule has 0 saturated heterocycles. The van der Waals surface area contributed by atoms with E-state index in [1.165, 1.54) is 0 Å². The fraction of sp³-hybridized carbons (Fsp3) is 0.176. The summed E-state index contributed by atoms with van der Waals surface area (Å²) in [5.41, 5.74) is 2.49. The number of hydrogen-bond donors (Lipinski definition) is 3. The second-order valence-electron chi connectivity index (χ2n) is 5.19. The van der Waals surface area contributed by atoms with Gasteiger partial charge in [0.2, 0.25) is 0 Å². The topological polar surface area (TPSA) is 79.0 Å². The zero-order valence-electron chi connectivity index (χ0n) is 13.0. The standard InChI is InChI=1S/C17H18N4O2/c1-11(16-20-14-8-3-4-9-15(14)21-16)18-17(22)19-12-6-5-7-13(10-12)23-2/h3-11H,1-2H3,(H,20,21)(H2,18,19,22). The Labute approximate surface area is 133 Å². The summed E-state index contributed by atoms with van der Waals surface area (Å²) in [5.74, 6) is 1.40. The minimum Gasteiger partial charge on any atom is -0.497 e. The summed E-state index contributed by atoms with van der Waals surface area (Å²) in [6, 6.07) is 14.4. The maximum atomic E-state index is 12.1. The first-order chi connectivity index (χ1) is 11.2. The summed E-state index contributed by atoms with van der Waals surface area (Å²) in [6.45, 7) is 1.88. The molecule has 6 heteroatoms. The van der Waals surface area contributed by atoms with E-state index in [1.54, 1.807) is 19.2 Å². The van der Waals surface area contributed by atoms with E-state index in [1.807, 2.05) is 43.3 Å². The molecular weight excluding hydrogens is 292 g/mol. The van der Waals surface area contributed by atoms with Crippen LogP contribution in [0.3, 0.4) is 0 Å². The zero-order chi connectivity index (χ0) is 16.2. The molecule has 2 aromatic carbocycles. The molecule has 0 aliphatic heterocycles. The van der Waals surface area contributed by atoms with E-state index in [4.69, 9.17) is 4.74 Å². The van der Waals surface area contributed by atoms with Crippen LogP contribution < -0.4 is 15.4 Å². The molecule has 0 aliphatic carbocycles. The number of methoxy groups -OCH3 is 1. The number of aromatic amines is 1. The Morgan fingerprint density at radius 3 is 2.83 bits per heavy atom. The maximum Gasteiger partial charge on any atom is 0.319 e. The molecule has 1 heterocycles. The Bertz CT molecular complexity index is 795. The van der Waals surface area contributed by atoms with Gasteiger partial charge in [-0.25, -0.2) is 9.78 Å². The third-order valence-electron chi connectivity index (χ3n) is 3.49. The zero-order valence-corrected chi connectivity index (χ0v) is 13.0. The molecule has 0 saturated carbocycles. The first-order valence-electron chi connectivity index (χ1n) is 7.32. The molecule has 1 aromatic heterocycles. The summed E-state index contributed by atoms with van der Waals surface area (Å²) in [7, 11) is 1.59. The average Bonchev–Trinajstić information content (AvgIpc) is 2.99. The molecule has 1 atom stereocenters. The van der Waals surface area contributed by atoms with Crippen molar-refractivity contribution in [2.75, 3.05) is 12.4 Å². The van der Waals surface area contributed by atoms with Crippen molar-refractivity contribution in [1.29, 1.82) is 0 Å². The number of H-pyrrole nitrogens is 1. The number of anilines is 1. The highest BCUT2D eigenvalue weighted by molar-refractivity contribution is 5.89. The Kier molecular flexibility index (Phi) is 4.14. The van der Waals surface area contributed by atoms with Gasteiger partial charge in [0.15, 0.2) is 0 Å². The lowest BCUT2D eigenvalue weighted by molar-refractivity contribution is 0.249. The lowest BCUT2D eigenvalue weighted by Gasteiger charge is -2.13. The number of amides is 2. The molecule has 0 spiro atoms. The number of fused-ring (bicyclic) bond motifs is 1. The molecule has 3 rings (SSSR count). The van der Waals surface area contributed by atoms with E-state index in [9.17, 15) is 4.79 Å². The first kappa shape index (κ1) is 14.9. The molecule has 23 heavy (non-hydrogen) atoms. The van der Waals surface area contributed by atoms with Crippen LogP contribution in [0, 0.1) is 0 Å². The SMILES string of the molecule is COc1cccc(NC(=O)NC(C)c2nc3ccccc3[nH]2)c1. The third kappa shape index (κ3) is 3.42. The highest BCUT2D eigenvalue weighted by Gasteiger charge is 2.13. The van der Waals surface area contributed by atoms with Crippen LogP contribution in [0.25, 0.3) is 11.0 Å². The quantitative estimate of drug-likeness (QED) is 0.690. The van der Waals surface area contributed by atoms with Gasteiger partial charge in [0, 0.05) is 11.8 Å². The van der Waals surface area contributed by atoms with Crippen molar-refractivity contribution in [3.8, 4) is 5.75 Å². The van der Waals surface area contributed by atoms with Crippen LogP contribution in [0.2, 0.25) is 0 Å². The predicted octanol–water partition coefficient (Wildman–Crippen LogP) is 3.45. The summed E-state index contributed by atoms with van der Waals surface area (Å²) >= 11 is 0. The van der Waals surface area contributed by atoms with Gasteiger partial charge < -0.3 is 20.4 Å². The fourth-order valence-corrected chi connectivity index (χ4v) is 2.31. The van der Waals surface area contributed by atoms with Crippen molar-refractivity contribution < 1.29 is 9.53 Å². The van der Waals surface area contributed by atoms with Crippen LogP contribution in [0.5, 0.6) is 5.75 Å². The molecule has 0 fully saturated rings. The molecule has 1 unspecified atom stereocenters. The van der Waals surface area contributed by atoms with Crippen LogP contribution in [-0.4, -0.2) is 23.1 Å². The number of nitrogens with one attached hydrogen (secondary N) is 3. The Morgan fingerprint density at radius 1 is 1.22 bits per heavy atom. The van der Waals surface area contributed by atoms with Gasteiger partial charge in [0.05, 0.1) is 24.2 Å². The molecular formula is C17H18N4O2. The number of carbonyl (C=O) groups excluding carboxylic acids is 1. The normalized spacial score (nSPS) is 11.9. The molecule has 118 valence electrons. The summed E-state index contributed by atoms with van der Waals surface area (Å²) in [6.07, 6.45) is 0. The van der Waals surface area contributed by atoms with Gasteiger partial charge in [-0.1, -0.05) is 18.2 Å². The smallest absolute Gasteiger partial charge is 0.319 e. The summed E-state index contributed by atoms with van der Waals surface area (Å²) < 4.78 is 5.13. The van der Waals surface area contributed by atoms with Crippen LogP contribution in [0.1, 0.15) is 18.8 Å². The van der Waals surface area contributed by atoms with E-state index >= 15 is 0 Å². The highest BCUT2D eigenvalue weighted by Crippen LogP contribution is 2.18. The predicted molar refractivity (Wildman–Crippen MR) is 89.7 cm³/mol. The average molecular weight is 310 g/mol. The fourth-order valence-electron chi connectivity index (χ4n) is 2.31.